The summed E-state index contributed by atoms with van der Waals surface area (Å²) in [6.45, 7) is 17.4. The Morgan fingerprint density at radius 2 is 1.75 bits per heavy atom. The van der Waals surface area contributed by atoms with E-state index in [4.69, 9.17) is 9.72 Å². The van der Waals surface area contributed by atoms with Crippen LogP contribution >= 0.6 is 0 Å². The molecule has 0 saturated heterocycles. The number of pyridine rings is 1. The van der Waals surface area contributed by atoms with Gasteiger partial charge in [-0.05, 0) is 85.4 Å². The highest BCUT2D eigenvalue weighted by Gasteiger charge is 2.19. The van der Waals surface area contributed by atoms with Crippen LogP contribution in [0.5, 0.6) is 11.5 Å². The molecule has 0 saturated carbocycles. The molecular weight excluding hydrogens is 397 g/mol. The molecule has 0 aliphatic heterocycles. The van der Waals surface area contributed by atoms with E-state index in [1.807, 2.05) is 19.1 Å². The number of rotatable bonds is 10. The molecule has 2 rings (SSSR count). The molecule has 0 aliphatic carbocycles. The van der Waals surface area contributed by atoms with E-state index in [9.17, 15) is 4.39 Å². The predicted octanol–water partition coefficient (Wildman–Crippen LogP) is 9.26. The van der Waals surface area contributed by atoms with Crippen molar-refractivity contribution >= 4 is 6.08 Å². The van der Waals surface area contributed by atoms with E-state index in [-0.39, 0.29) is 17.5 Å². The number of hydrogen-bond donors (Lipinski definition) is 0. The summed E-state index contributed by atoms with van der Waals surface area (Å²) < 4.78 is 20.6. The van der Waals surface area contributed by atoms with Gasteiger partial charge in [-0.25, -0.2) is 4.39 Å². The zero-order valence-electron chi connectivity index (χ0n) is 21.1. The maximum atomic E-state index is 14.5. The Hall–Kier alpha value is -2.42. The van der Waals surface area contributed by atoms with Gasteiger partial charge in [0, 0.05) is 11.8 Å². The molecule has 0 radical (unpaired) electrons. The minimum absolute atomic E-state index is 0.233. The van der Waals surface area contributed by atoms with Crippen molar-refractivity contribution in [3.8, 4) is 11.5 Å². The van der Waals surface area contributed by atoms with Crippen LogP contribution in [0.1, 0.15) is 90.5 Å². The zero-order chi connectivity index (χ0) is 23.8. The van der Waals surface area contributed by atoms with Crippen molar-refractivity contribution in [3.05, 3.63) is 70.3 Å². The topological polar surface area (TPSA) is 22.1 Å². The van der Waals surface area contributed by atoms with Gasteiger partial charge >= 0.3 is 0 Å². The molecule has 3 unspecified atom stereocenters. The molecule has 1 aromatic carbocycles. The van der Waals surface area contributed by atoms with Crippen molar-refractivity contribution in [2.24, 2.45) is 11.8 Å². The maximum absolute atomic E-state index is 14.5. The molecule has 0 fully saturated rings. The van der Waals surface area contributed by atoms with E-state index in [1.165, 1.54) is 17.2 Å². The number of halogens is 1. The number of allylic oxidation sites excluding steroid dienone is 3. The van der Waals surface area contributed by atoms with Gasteiger partial charge in [0.05, 0.1) is 5.69 Å². The van der Waals surface area contributed by atoms with Crippen LogP contribution in [-0.2, 0) is 0 Å². The van der Waals surface area contributed by atoms with Crippen LogP contribution in [0.25, 0.3) is 6.08 Å². The Balaban J connectivity index is 2.57. The molecule has 32 heavy (non-hydrogen) atoms. The Morgan fingerprint density at radius 1 is 1.03 bits per heavy atom. The van der Waals surface area contributed by atoms with Crippen LogP contribution in [0.3, 0.4) is 0 Å². The lowest BCUT2D eigenvalue weighted by Crippen LogP contribution is -2.05. The van der Waals surface area contributed by atoms with Crippen molar-refractivity contribution in [3.63, 3.8) is 0 Å². The molecule has 2 nitrogen and oxygen atoms in total. The molecule has 0 bridgehead atoms. The van der Waals surface area contributed by atoms with Crippen molar-refractivity contribution < 1.29 is 9.13 Å². The smallest absolute Gasteiger partial charge is 0.165 e. The SMILES string of the molecule is CCC(C)/C=C(/C(C)=C/c1nccc(Oc2ccc(C)cc2F)c1C(C)CC)C(C)CC. The number of hydrogen-bond acceptors (Lipinski definition) is 2. The Labute approximate surface area is 194 Å². The second-order valence-corrected chi connectivity index (χ2v) is 9.10. The molecule has 0 amide bonds. The lowest BCUT2D eigenvalue weighted by atomic mass is 9.87. The first kappa shape index (κ1) is 25.8. The van der Waals surface area contributed by atoms with Gasteiger partial charge in [0.2, 0.25) is 0 Å². The molecule has 0 spiro atoms. The van der Waals surface area contributed by atoms with Gasteiger partial charge < -0.3 is 4.74 Å². The molecular formula is C29H40FNO. The third kappa shape index (κ3) is 6.54. The summed E-state index contributed by atoms with van der Waals surface area (Å²) in [5, 5.41) is 0. The van der Waals surface area contributed by atoms with E-state index < -0.39 is 0 Å². The highest BCUT2D eigenvalue weighted by atomic mass is 19.1. The van der Waals surface area contributed by atoms with Crippen molar-refractivity contribution in [1.29, 1.82) is 0 Å². The normalized spacial score (nSPS) is 15.4. The molecule has 0 aliphatic rings. The summed E-state index contributed by atoms with van der Waals surface area (Å²) in [4.78, 5) is 4.72. The summed E-state index contributed by atoms with van der Waals surface area (Å²) in [5.41, 5.74) is 5.42. The highest BCUT2D eigenvalue weighted by molar-refractivity contribution is 5.61. The maximum Gasteiger partial charge on any atom is 0.165 e. The summed E-state index contributed by atoms with van der Waals surface area (Å²) in [6.07, 6.45) is 9.50. The summed E-state index contributed by atoms with van der Waals surface area (Å²) in [6, 6.07) is 6.91. The minimum Gasteiger partial charge on any atom is -0.454 e. The van der Waals surface area contributed by atoms with Crippen molar-refractivity contribution in [2.75, 3.05) is 0 Å². The first-order valence-electron chi connectivity index (χ1n) is 12.0. The monoisotopic (exact) mass is 437 g/mol. The lowest BCUT2D eigenvalue weighted by Gasteiger charge is -2.20. The third-order valence-electron chi connectivity index (χ3n) is 6.45. The molecule has 1 heterocycles. The molecule has 3 heteroatoms. The first-order chi connectivity index (χ1) is 15.2. The standard InChI is InChI=1S/C29H40FNO/c1-9-19(4)16-24(21(6)10-2)23(8)18-26-29(22(7)11-3)28(14-15-31-26)32-27-13-12-20(5)17-25(27)30/h12-19,21-22H,9-11H2,1-8H3/b23-18+,24-16+. The number of aryl methyl sites for hydroxylation is 1. The number of ether oxygens (including phenoxy) is 1. The average molecular weight is 438 g/mol. The van der Waals surface area contributed by atoms with Gasteiger partial charge in [-0.15, -0.1) is 0 Å². The molecule has 3 atom stereocenters. The number of benzene rings is 1. The van der Waals surface area contributed by atoms with Gasteiger partial charge in [0.15, 0.2) is 11.6 Å². The molecule has 0 N–H and O–H groups in total. The van der Waals surface area contributed by atoms with Crippen LogP contribution in [0.2, 0.25) is 0 Å². The van der Waals surface area contributed by atoms with E-state index in [0.29, 0.717) is 17.6 Å². The van der Waals surface area contributed by atoms with Crippen LogP contribution in [-0.4, -0.2) is 4.98 Å². The second-order valence-electron chi connectivity index (χ2n) is 9.10. The third-order valence-corrected chi connectivity index (χ3v) is 6.45. The second kappa shape index (κ2) is 12.0. The molecule has 2 aromatic rings. The van der Waals surface area contributed by atoms with Crippen LogP contribution in [0.4, 0.5) is 4.39 Å². The van der Waals surface area contributed by atoms with E-state index >= 15 is 0 Å². The number of aromatic nitrogens is 1. The van der Waals surface area contributed by atoms with Crippen LogP contribution < -0.4 is 4.74 Å². The predicted molar refractivity (Wildman–Crippen MR) is 135 cm³/mol. The Kier molecular flexibility index (Phi) is 9.68. The fraction of sp³-hybridized carbons (Fsp3) is 0.483. The van der Waals surface area contributed by atoms with E-state index in [2.05, 4.69) is 60.6 Å². The summed E-state index contributed by atoms with van der Waals surface area (Å²) in [7, 11) is 0. The summed E-state index contributed by atoms with van der Waals surface area (Å²) >= 11 is 0. The molecule has 1 aromatic heterocycles. The van der Waals surface area contributed by atoms with Gasteiger partial charge in [-0.3, -0.25) is 4.98 Å². The first-order valence-corrected chi connectivity index (χ1v) is 12.0. The van der Waals surface area contributed by atoms with Gasteiger partial charge in [-0.1, -0.05) is 60.1 Å². The lowest BCUT2D eigenvalue weighted by molar-refractivity contribution is 0.432. The van der Waals surface area contributed by atoms with Gasteiger partial charge in [0.25, 0.3) is 0 Å². The number of nitrogens with zero attached hydrogens (tertiary/aromatic N) is 1. The fourth-order valence-corrected chi connectivity index (χ4v) is 3.80. The van der Waals surface area contributed by atoms with E-state index in [1.54, 1.807) is 12.3 Å². The van der Waals surface area contributed by atoms with Gasteiger partial charge in [0.1, 0.15) is 5.75 Å². The highest BCUT2D eigenvalue weighted by Crippen LogP contribution is 2.37. The summed E-state index contributed by atoms with van der Waals surface area (Å²) in [5.74, 6) is 1.82. The van der Waals surface area contributed by atoms with Crippen molar-refractivity contribution in [2.45, 2.75) is 80.6 Å². The van der Waals surface area contributed by atoms with Crippen LogP contribution in [0.15, 0.2) is 47.7 Å². The zero-order valence-corrected chi connectivity index (χ0v) is 21.1. The quantitative estimate of drug-likeness (QED) is 0.345. The van der Waals surface area contributed by atoms with Gasteiger partial charge in [-0.2, -0.15) is 0 Å². The minimum atomic E-state index is -0.347. The largest absolute Gasteiger partial charge is 0.454 e. The van der Waals surface area contributed by atoms with Crippen molar-refractivity contribution in [1.82, 2.24) is 4.98 Å². The van der Waals surface area contributed by atoms with Crippen LogP contribution in [0, 0.1) is 24.6 Å². The fourth-order valence-electron chi connectivity index (χ4n) is 3.80. The average Bonchev–Trinajstić information content (AvgIpc) is 2.78. The Bertz CT molecular complexity index is 960. The Morgan fingerprint density at radius 3 is 2.34 bits per heavy atom. The van der Waals surface area contributed by atoms with E-state index in [0.717, 1.165) is 36.1 Å². The molecule has 174 valence electrons.